The molecule has 1 fully saturated rings. The van der Waals surface area contributed by atoms with Gasteiger partial charge in [-0.25, -0.2) is 4.79 Å². The molecule has 0 unspecified atom stereocenters. The Morgan fingerprint density at radius 2 is 1.70 bits per heavy atom. The van der Waals surface area contributed by atoms with Crippen LogP contribution in [0.5, 0.6) is 0 Å². The predicted octanol–water partition coefficient (Wildman–Crippen LogP) is 3.13. The fraction of sp³-hybridized carbons (Fsp3) is 0.438. The van der Waals surface area contributed by atoms with E-state index in [1.165, 1.54) is 5.56 Å². The molecule has 0 aromatic heterocycles. The molecule has 0 bridgehead atoms. The highest BCUT2D eigenvalue weighted by Gasteiger charge is 2.32. The van der Waals surface area contributed by atoms with Crippen molar-refractivity contribution in [2.45, 2.75) is 44.1 Å². The van der Waals surface area contributed by atoms with Gasteiger partial charge >= 0.3 is 5.97 Å². The number of nitrogens with zero attached hydrogens (tertiary/aromatic N) is 1. The molecule has 124 valence electrons. The van der Waals surface area contributed by atoms with Crippen LogP contribution >= 0.6 is 21.6 Å². The number of hydrogen-bond donors (Lipinski definition) is 0. The van der Waals surface area contributed by atoms with E-state index in [0.29, 0.717) is 10.3 Å². The van der Waals surface area contributed by atoms with Crippen LogP contribution in [0.15, 0.2) is 24.3 Å². The lowest BCUT2D eigenvalue weighted by Crippen LogP contribution is -2.32. The van der Waals surface area contributed by atoms with Crippen LogP contribution in [0, 0.1) is 0 Å². The second kappa shape index (κ2) is 8.40. The van der Waals surface area contributed by atoms with E-state index >= 15 is 0 Å². The highest BCUT2D eigenvalue weighted by Crippen LogP contribution is 2.29. The Labute approximate surface area is 143 Å². The van der Waals surface area contributed by atoms with Crippen molar-refractivity contribution >= 4 is 39.4 Å². The zero-order chi connectivity index (χ0) is 16.8. The predicted molar refractivity (Wildman–Crippen MR) is 91.3 cm³/mol. The Kier molecular flexibility index (Phi) is 6.53. The van der Waals surface area contributed by atoms with Crippen LogP contribution in [0.2, 0.25) is 0 Å². The van der Waals surface area contributed by atoms with Crippen LogP contribution in [-0.4, -0.2) is 28.1 Å². The molecule has 0 saturated carbocycles. The smallest absolute Gasteiger partial charge is 0.330 e. The highest BCUT2D eigenvalue weighted by molar-refractivity contribution is 8.76. The minimum absolute atomic E-state index is 0.0330. The molecule has 1 aromatic rings. The van der Waals surface area contributed by atoms with Crippen molar-refractivity contribution in [3.05, 3.63) is 35.4 Å². The van der Waals surface area contributed by atoms with Gasteiger partial charge in [-0.05, 0) is 11.1 Å². The van der Waals surface area contributed by atoms with Crippen molar-refractivity contribution in [1.29, 1.82) is 0 Å². The minimum atomic E-state index is -0.605. The number of amides is 2. The standard InChI is InChI=1S/C16H19NO4S2/c1-11(2)23-22-10-13-5-3-12(4-6-13)9-16(20)21-17-14(18)7-8-15(17)19/h3-6,11H,7-10H2,1-2H3. The van der Waals surface area contributed by atoms with Crippen molar-refractivity contribution in [3.8, 4) is 0 Å². The molecule has 1 aromatic carbocycles. The van der Waals surface area contributed by atoms with Gasteiger partial charge in [0.15, 0.2) is 0 Å². The third kappa shape index (κ3) is 5.58. The molecule has 0 N–H and O–H groups in total. The summed E-state index contributed by atoms with van der Waals surface area (Å²) >= 11 is 0. The third-order valence-electron chi connectivity index (χ3n) is 3.06. The van der Waals surface area contributed by atoms with E-state index in [0.717, 1.165) is 11.3 Å². The van der Waals surface area contributed by atoms with Crippen LogP contribution in [0.3, 0.4) is 0 Å². The Balaban J connectivity index is 1.82. The quantitative estimate of drug-likeness (QED) is 0.554. The van der Waals surface area contributed by atoms with Crippen LogP contribution < -0.4 is 0 Å². The summed E-state index contributed by atoms with van der Waals surface area (Å²) < 4.78 is 0. The Morgan fingerprint density at radius 3 is 2.26 bits per heavy atom. The SMILES string of the molecule is CC(C)SSCc1ccc(CC(=O)ON2C(=O)CCC2=O)cc1. The summed E-state index contributed by atoms with van der Waals surface area (Å²) in [6, 6.07) is 7.68. The molecule has 1 aliphatic heterocycles. The Morgan fingerprint density at radius 1 is 1.13 bits per heavy atom. The molecule has 1 heterocycles. The monoisotopic (exact) mass is 353 g/mol. The number of carbonyl (C=O) groups is 3. The van der Waals surface area contributed by atoms with Crippen molar-refractivity contribution in [1.82, 2.24) is 5.06 Å². The van der Waals surface area contributed by atoms with Crippen LogP contribution in [0.1, 0.15) is 37.8 Å². The molecule has 0 atom stereocenters. The largest absolute Gasteiger partial charge is 0.337 e. The second-order valence-corrected chi connectivity index (χ2v) is 8.39. The van der Waals surface area contributed by atoms with Gasteiger partial charge in [0.1, 0.15) is 0 Å². The number of rotatable bonds is 7. The molecular weight excluding hydrogens is 334 g/mol. The fourth-order valence-electron chi connectivity index (χ4n) is 1.95. The van der Waals surface area contributed by atoms with Gasteiger partial charge in [-0.15, -0.1) is 5.06 Å². The van der Waals surface area contributed by atoms with E-state index in [-0.39, 0.29) is 19.3 Å². The molecule has 23 heavy (non-hydrogen) atoms. The van der Waals surface area contributed by atoms with Gasteiger partial charge in [0, 0.05) is 23.8 Å². The van der Waals surface area contributed by atoms with Gasteiger partial charge in [0.05, 0.1) is 6.42 Å². The molecule has 7 heteroatoms. The van der Waals surface area contributed by atoms with Gasteiger partial charge in [-0.2, -0.15) is 0 Å². The average molecular weight is 353 g/mol. The number of benzene rings is 1. The second-order valence-electron chi connectivity index (χ2n) is 5.45. The maximum Gasteiger partial charge on any atom is 0.337 e. The topological polar surface area (TPSA) is 63.7 Å². The van der Waals surface area contributed by atoms with E-state index in [4.69, 9.17) is 4.84 Å². The van der Waals surface area contributed by atoms with Gasteiger partial charge < -0.3 is 4.84 Å². The zero-order valence-corrected chi connectivity index (χ0v) is 14.7. The zero-order valence-electron chi connectivity index (χ0n) is 13.1. The van der Waals surface area contributed by atoms with E-state index < -0.39 is 17.8 Å². The van der Waals surface area contributed by atoms with E-state index in [2.05, 4.69) is 13.8 Å². The first kappa shape index (κ1) is 17.9. The average Bonchev–Trinajstić information content (AvgIpc) is 2.80. The van der Waals surface area contributed by atoms with Crippen molar-refractivity contribution < 1.29 is 19.2 Å². The Bertz CT molecular complexity index is 570. The van der Waals surface area contributed by atoms with Gasteiger partial charge in [0.25, 0.3) is 11.8 Å². The number of hydroxylamine groups is 2. The molecule has 1 saturated heterocycles. The minimum Gasteiger partial charge on any atom is -0.330 e. The van der Waals surface area contributed by atoms with Crippen LogP contribution in [-0.2, 0) is 31.4 Å². The van der Waals surface area contributed by atoms with E-state index in [1.807, 2.05) is 35.1 Å². The van der Waals surface area contributed by atoms with Gasteiger partial charge in [-0.1, -0.05) is 59.7 Å². The van der Waals surface area contributed by atoms with Crippen molar-refractivity contribution in [3.63, 3.8) is 0 Å². The van der Waals surface area contributed by atoms with Gasteiger partial charge in [-0.3, -0.25) is 9.59 Å². The highest BCUT2D eigenvalue weighted by atomic mass is 33.1. The van der Waals surface area contributed by atoms with Crippen LogP contribution in [0.25, 0.3) is 0 Å². The third-order valence-corrected chi connectivity index (χ3v) is 5.95. The molecule has 0 aliphatic carbocycles. The van der Waals surface area contributed by atoms with Crippen molar-refractivity contribution in [2.24, 2.45) is 0 Å². The number of hydrogen-bond acceptors (Lipinski definition) is 6. The summed E-state index contributed by atoms with van der Waals surface area (Å²) in [5.74, 6) is -0.618. The van der Waals surface area contributed by atoms with Crippen LogP contribution in [0.4, 0.5) is 0 Å². The first-order chi connectivity index (χ1) is 11.0. The first-order valence-electron chi connectivity index (χ1n) is 7.38. The normalized spacial score (nSPS) is 14.7. The molecule has 0 radical (unpaired) electrons. The van der Waals surface area contributed by atoms with Gasteiger partial charge in [0.2, 0.25) is 0 Å². The fourth-order valence-corrected chi connectivity index (χ4v) is 4.05. The van der Waals surface area contributed by atoms with Crippen molar-refractivity contribution in [2.75, 3.05) is 0 Å². The Hall–Kier alpha value is -1.47. The van der Waals surface area contributed by atoms with E-state index in [9.17, 15) is 14.4 Å². The lowest BCUT2D eigenvalue weighted by Gasteiger charge is -2.12. The summed E-state index contributed by atoms with van der Waals surface area (Å²) in [6.07, 6.45) is 0.241. The summed E-state index contributed by atoms with van der Waals surface area (Å²) in [6.45, 7) is 4.31. The number of imide groups is 1. The first-order valence-corrected chi connectivity index (χ1v) is 9.76. The lowest BCUT2D eigenvalue weighted by atomic mass is 10.1. The molecular formula is C16H19NO4S2. The summed E-state index contributed by atoms with van der Waals surface area (Å²) in [7, 11) is 3.63. The molecule has 2 amide bonds. The van der Waals surface area contributed by atoms with E-state index in [1.54, 1.807) is 10.8 Å². The summed E-state index contributed by atoms with van der Waals surface area (Å²) in [5, 5.41) is 1.17. The lowest BCUT2D eigenvalue weighted by molar-refractivity contribution is -0.197. The maximum absolute atomic E-state index is 11.8. The number of carbonyl (C=O) groups excluding carboxylic acids is 3. The molecule has 2 rings (SSSR count). The summed E-state index contributed by atoms with van der Waals surface area (Å²) in [5.41, 5.74) is 1.98. The summed E-state index contributed by atoms with van der Waals surface area (Å²) in [4.78, 5) is 39.4. The molecule has 1 aliphatic rings. The maximum atomic E-state index is 11.8. The molecule has 0 spiro atoms. The molecule has 5 nitrogen and oxygen atoms in total.